The van der Waals surface area contributed by atoms with Crippen LogP contribution in [0.4, 0.5) is 0 Å². The van der Waals surface area contributed by atoms with Crippen LogP contribution >= 0.6 is 68.0 Å². The van der Waals surface area contributed by atoms with E-state index in [9.17, 15) is 0 Å². The van der Waals surface area contributed by atoms with Crippen molar-refractivity contribution >= 4 is 77.8 Å². The van der Waals surface area contributed by atoms with E-state index < -0.39 is 0 Å². The van der Waals surface area contributed by atoms with Gasteiger partial charge in [0.1, 0.15) is 11.5 Å². The molecule has 6 heteroatoms. The summed E-state index contributed by atoms with van der Waals surface area (Å²) in [4.78, 5) is 4.38. The zero-order chi connectivity index (χ0) is 10.7. The molecule has 0 spiro atoms. The van der Waals surface area contributed by atoms with Crippen LogP contribution in [0, 0.1) is 5.41 Å². The number of rotatable bonds is 3. The fraction of sp³-hybridized carbons (Fsp3) is 0.250. The molecular formula is C8H8I3N3. The van der Waals surface area contributed by atoms with Gasteiger partial charge in [-0.05, 0) is 26.7 Å². The number of halogens is 3. The van der Waals surface area contributed by atoms with Gasteiger partial charge < -0.3 is 5.41 Å². The molecule has 1 N–H and O–H groups in total. The van der Waals surface area contributed by atoms with E-state index in [1.165, 1.54) is 6.21 Å². The summed E-state index contributed by atoms with van der Waals surface area (Å²) in [6.45, 7) is 2.07. The first-order valence-corrected chi connectivity index (χ1v) is 7.19. The fourth-order valence-corrected chi connectivity index (χ4v) is 3.28. The summed E-state index contributed by atoms with van der Waals surface area (Å²) >= 11 is 6.68. The minimum atomic E-state index is 0.744. The van der Waals surface area contributed by atoms with Crippen LogP contribution in [0.25, 0.3) is 3.58 Å². The molecule has 0 bridgehead atoms. The lowest BCUT2D eigenvalue weighted by Gasteiger charge is -2.00. The topological polar surface area (TPSA) is 41.7 Å². The van der Waals surface area contributed by atoms with Crippen LogP contribution in [0.15, 0.2) is 4.08 Å². The first-order chi connectivity index (χ1) is 6.65. The average Bonchev–Trinajstić information content (AvgIpc) is 2.53. The molecule has 0 radical (unpaired) electrons. The Kier molecular flexibility index (Phi) is 5.31. The average molecular weight is 527 g/mol. The summed E-state index contributed by atoms with van der Waals surface area (Å²) in [5.74, 6) is 1.01. The summed E-state index contributed by atoms with van der Waals surface area (Å²) in [7, 11) is 0. The first-order valence-electron chi connectivity index (χ1n) is 3.90. The van der Waals surface area contributed by atoms with Crippen LogP contribution in [0.1, 0.15) is 24.1 Å². The van der Waals surface area contributed by atoms with Crippen LogP contribution in [0.3, 0.4) is 0 Å². The fourth-order valence-electron chi connectivity index (χ4n) is 1.05. The van der Waals surface area contributed by atoms with Gasteiger partial charge in [-0.15, -0.1) is 0 Å². The van der Waals surface area contributed by atoms with Crippen molar-refractivity contribution in [1.29, 1.82) is 5.41 Å². The summed E-state index contributed by atoms with van der Waals surface area (Å²) in [6, 6.07) is 0. The normalized spacial score (nSPS) is 11.9. The van der Waals surface area contributed by atoms with E-state index >= 15 is 0 Å². The van der Waals surface area contributed by atoms with E-state index in [1.807, 2.05) is 6.86 Å². The Labute approximate surface area is 124 Å². The second-order valence-electron chi connectivity index (χ2n) is 2.50. The maximum absolute atomic E-state index is 7.30. The van der Waals surface area contributed by atoms with Crippen molar-refractivity contribution in [2.75, 3.05) is 0 Å². The molecule has 0 aliphatic carbocycles. The molecule has 76 valence electrons. The van der Waals surface area contributed by atoms with Crippen molar-refractivity contribution in [3.8, 4) is 0 Å². The molecule has 3 nitrogen and oxygen atoms in total. The SMILES string of the molecule is CCc1nc(C=N)c(/C(I)=C\I)n1I. The zero-order valence-electron chi connectivity index (χ0n) is 7.39. The molecule has 1 aromatic rings. The maximum Gasteiger partial charge on any atom is 0.118 e. The second kappa shape index (κ2) is 5.77. The Balaban J connectivity index is 3.39. The van der Waals surface area contributed by atoms with Gasteiger partial charge in [0.15, 0.2) is 0 Å². The monoisotopic (exact) mass is 527 g/mol. The van der Waals surface area contributed by atoms with Crippen molar-refractivity contribution in [3.05, 3.63) is 21.3 Å². The van der Waals surface area contributed by atoms with Crippen molar-refractivity contribution in [2.24, 2.45) is 0 Å². The van der Waals surface area contributed by atoms with E-state index in [0.29, 0.717) is 0 Å². The highest BCUT2D eigenvalue weighted by Gasteiger charge is 2.14. The van der Waals surface area contributed by atoms with Crippen molar-refractivity contribution in [3.63, 3.8) is 0 Å². The Morgan fingerprint density at radius 2 is 2.29 bits per heavy atom. The lowest BCUT2D eigenvalue weighted by Crippen LogP contribution is -1.92. The predicted octanol–water partition coefficient (Wildman–Crippen LogP) is 3.81. The van der Waals surface area contributed by atoms with Gasteiger partial charge in [0.2, 0.25) is 0 Å². The standard InChI is InChI=1S/C8H8I3N3/c1-2-7-13-6(4-12)8(14(7)11)5(10)3-9/h3-4,12H,2H2,1H3/b5-3+,12-4?. The molecule has 0 aliphatic heterocycles. The van der Waals surface area contributed by atoms with E-state index in [1.54, 1.807) is 0 Å². The molecule has 1 aromatic heterocycles. The highest BCUT2D eigenvalue weighted by Crippen LogP contribution is 2.28. The number of hydrogen-bond acceptors (Lipinski definition) is 2. The molecule has 0 aliphatic rings. The van der Waals surface area contributed by atoms with Gasteiger partial charge in [-0.2, -0.15) is 0 Å². The van der Waals surface area contributed by atoms with Crippen molar-refractivity contribution < 1.29 is 0 Å². The molecular weight excluding hydrogens is 519 g/mol. The Morgan fingerprint density at radius 3 is 2.71 bits per heavy atom. The Morgan fingerprint density at radius 1 is 1.64 bits per heavy atom. The third kappa shape index (κ3) is 2.49. The lowest BCUT2D eigenvalue weighted by atomic mass is 10.3. The third-order valence-corrected chi connectivity index (χ3v) is 5.37. The molecule has 14 heavy (non-hydrogen) atoms. The van der Waals surface area contributed by atoms with Crippen LogP contribution in [0.5, 0.6) is 0 Å². The molecule has 0 atom stereocenters. The van der Waals surface area contributed by atoms with E-state index in [-0.39, 0.29) is 0 Å². The van der Waals surface area contributed by atoms with Gasteiger partial charge in [0.05, 0.1) is 28.6 Å². The summed E-state index contributed by atoms with van der Waals surface area (Å²) < 4.78 is 5.13. The molecule has 0 fully saturated rings. The van der Waals surface area contributed by atoms with Crippen LogP contribution < -0.4 is 0 Å². The molecule has 0 aromatic carbocycles. The number of imidazole rings is 1. The number of nitrogens with one attached hydrogen (secondary N) is 1. The molecule has 0 saturated heterocycles. The second-order valence-corrected chi connectivity index (χ2v) is 5.25. The van der Waals surface area contributed by atoms with Crippen LogP contribution in [0.2, 0.25) is 0 Å². The summed E-state index contributed by atoms with van der Waals surface area (Å²) in [5, 5.41) is 7.30. The van der Waals surface area contributed by atoms with E-state index in [4.69, 9.17) is 5.41 Å². The lowest BCUT2D eigenvalue weighted by molar-refractivity contribution is 0.974. The van der Waals surface area contributed by atoms with Gasteiger partial charge >= 0.3 is 0 Å². The van der Waals surface area contributed by atoms with Crippen molar-refractivity contribution in [2.45, 2.75) is 13.3 Å². The number of aromatic nitrogens is 2. The Bertz CT molecular complexity index is 381. The first kappa shape index (κ1) is 12.9. The minimum Gasteiger partial charge on any atom is -0.306 e. The van der Waals surface area contributed by atoms with Gasteiger partial charge in [-0.1, -0.05) is 29.5 Å². The summed E-state index contributed by atoms with van der Waals surface area (Å²) in [6.07, 6.45) is 2.19. The predicted molar refractivity (Wildman–Crippen MR) is 84.9 cm³/mol. The van der Waals surface area contributed by atoms with Crippen LogP contribution in [-0.4, -0.2) is 14.0 Å². The van der Waals surface area contributed by atoms with Gasteiger partial charge in [-0.3, -0.25) is 2.78 Å². The quantitative estimate of drug-likeness (QED) is 0.472. The molecule has 0 unspecified atom stereocenters. The van der Waals surface area contributed by atoms with E-state index in [0.717, 1.165) is 27.2 Å². The molecule has 0 amide bonds. The highest BCUT2D eigenvalue weighted by atomic mass is 127. The Hall–Kier alpha value is 0.810. The maximum atomic E-state index is 7.30. The molecule has 0 saturated carbocycles. The minimum absolute atomic E-state index is 0.744. The summed E-state index contributed by atoms with van der Waals surface area (Å²) in [5.41, 5.74) is 1.76. The molecule has 1 heterocycles. The van der Waals surface area contributed by atoms with Gasteiger partial charge in [0, 0.05) is 16.2 Å². The van der Waals surface area contributed by atoms with E-state index in [2.05, 4.69) is 80.0 Å². The largest absolute Gasteiger partial charge is 0.306 e. The van der Waals surface area contributed by atoms with Crippen LogP contribution in [-0.2, 0) is 6.42 Å². The number of hydrogen-bond donors (Lipinski definition) is 1. The molecule has 1 rings (SSSR count). The smallest absolute Gasteiger partial charge is 0.118 e. The van der Waals surface area contributed by atoms with Crippen molar-refractivity contribution in [1.82, 2.24) is 7.76 Å². The van der Waals surface area contributed by atoms with Gasteiger partial charge in [0.25, 0.3) is 0 Å². The van der Waals surface area contributed by atoms with Gasteiger partial charge in [-0.25, -0.2) is 4.98 Å². The highest BCUT2D eigenvalue weighted by molar-refractivity contribution is 14.1. The third-order valence-electron chi connectivity index (χ3n) is 1.69. The zero-order valence-corrected chi connectivity index (χ0v) is 13.9. The number of aryl methyl sites for hydroxylation is 1. The number of nitrogens with zero attached hydrogens (tertiary/aromatic N) is 2.